The predicted molar refractivity (Wildman–Crippen MR) is 107 cm³/mol. The number of aromatic nitrogens is 1. The largest absolute Gasteiger partial charge is 0.342 e. The van der Waals surface area contributed by atoms with E-state index in [0.717, 1.165) is 43.3 Å². The molecule has 144 valence electrons. The SMILES string of the molecule is Cc1ccc2c(c1)cc(C(=O)N1CC[C@H](C(=O)N3CCCCCC3)C1)n2C. The van der Waals surface area contributed by atoms with E-state index >= 15 is 0 Å². The molecule has 0 spiro atoms. The smallest absolute Gasteiger partial charge is 0.270 e. The van der Waals surface area contributed by atoms with Crippen LogP contribution in [0.4, 0.5) is 0 Å². The number of likely N-dealkylation sites (tertiary alicyclic amines) is 2. The van der Waals surface area contributed by atoms with E-state index in [0.29, 0.717) is 18.8 Å². The fraction of sp³-hybridized carbons (Fsp3) is 0.545. The Morgan fingerprint density at radius 3 is 2.44 bits per heavy atom. The van der Waals surface area contributed by atoms with Gasteiger partial charge in [-0.1, -0.05) is 24.5 Å². The van der Waals surface area contributed by atoms with Crippen LogP contribution in [0, 0.1) is 12.8 Å². The summed E-state index contributed by atoms with van der Waals surface area (Å²) < 4.78 is 1.97. The molecule has 0 saturated carbocycles. The molecule has 0 aliphatic carbocycles. The molecule has 0 unspecified atom stereocenters. The highest BCUT2D eigenvalue weighted by Crippen LogP contribution is 2.25. The van der Waals surface area contributed by atoms with Gasteiger partial charge in [0.25, 0.3) is 5.91 Å². The maximum Gasteiger partial charge on any atom is 0.270 e. The van der Waals surface area contributed by atoms with Crippen molar-refractivity contribution in [3.8, 4) is 0 Å². The summed E-state index contributed by atoms with van der Waals surface area (Å²) in [4.78, 5) is 29.9. The third kappa shape index (κ3) is 3.47. The van der Waals surface area contributed by atoms with Crippen LogP contribution in [-0.2, 0) is 11.8 Å². The van der Waals surface area contributed by atoms with Crippen LogP contribution in [-0.4, -0.2) is 52.4 Å². The molecule has 1 aromatic carbocycles. The van der Waals surface area contributed by atoms with Crippen LogP contribution in [0.3, 0.4) is 0 Å². The first-order valence-corrected chi connectivity index (χ1v) is 10.2. The summed E-state index contributed by atoms with van der Waals surface area (Å²) in [6, 6.07) is 8.23. The third-order valence-electron chi connectivity index (χ3n) is 6.16. The molecule has 2 aromatic rings. The fourth-order valence-corrected chi connectivity index (χ4v) is 4.53. The minimum absolute atomic E-state index is 0.0380. The second-order valence-corrected chi connectivity index (χ2v) is 8.13. The van der Waals surface area contributed by atoms with Crippen molar-refractivity contribution >= 4 is 22.7 Å². The highest BCUT2D eigenvalue weighted by atomic mass is 16.2. The number of hydrogen-bond acceptors (Lipinski definition) is 2. The van der Waals surface area contributed by atoms with Crippen LogP contribution in [0.5, 0.6) is 0 Å². The van der Waals surface area contributed by atoms with Crippen LogP contribution in [0.25, 0.3) is 10.9 Å². The summed E-state index contributed by atoms with van der Waals surface area (Å²) in [5, 5.41) is 1.09. The summed E-state index contributed by atoms with van der Waals surface area (Å²) >= 11 is 0. The lowest BCUT2D eigenvalue weighted by atomic mass is 10.1. The van der Waals surface area contributed by atoms with Gasteiger partial charge in [-0.25, -0.2) is 0 Å². The zero-order valence-electron chi connectivity index (χ0n) is 16.4. The van der Waals surface area contributed by atoms with Crippen molar-refractivity contribution in [2.45, 2.75) is 39.0 Å². The normalized spacial score (nSPS) is 20.9. The lowest BCUT2D eigenvalue weighted by Gasteiger charge is -2.24. The molecule has 0 N–H and O–H groups in total. The molecule has 2 aliphatic rings. The molecule has 1 aromatic heterocycles. The zero-order chi connectivity index (χ0) is 19.0. The standard InChI is InChI=1S/C22H29N3O2/c1-16-7-8-19-18(13-16)14-20(23(19)2)22(27)25-12-9-17(15-25)21(26)24-10-5-3-4-6-11-24/h7-8,13-14,17H,3-6,9-12,15H2,1-2H3/t17-/m0/s1. The maximum atomic E-state index is 13.1. The Morgan fingerprint density at radius 1 is 0.963 bits per heavy atom. The molecule has 4 rings (SSSR count). The summed E-state index contributed by atoms with van der Waals surface area (Å²) in [6.07, 6.45) is 5.44. The van der Waals surface area contributed by atoms with Crippen molar-refractivity contribution in [3.05, 3.63) is 35.5 Å². The maximum absolute atomic E-state index is 13.1. The topological polar surface area (TPSA) is 45.6 Å². The number of nitrogens with zero attached hydrogens (tertiary/aromatic N) is 3. The van der Waals surface area contributed by atoms with Crippen molar-refractivity contribution in [1.82, 2.24) is 14.4 Å². The molecule has 0 bridgehead atoms. The van der Waals surface area contributed by atoms with Gasteiger partial charge in [0, 0.05) is 44.1 Å². The third-order valence-corrected chi connectivity index (χ3v) is 6.16. The van der Waals surface area contributed by atoms with Crippen molar-refractivity contribution < 1.29 is 9.59 Å². The number of carbonyl (C=O) groups excluding carboxylic acids is 2. The number of rotatable bonds is 2. The lowest BCUT2D eigenvalue weighted by Crippen LogP contribution is -2.39. The van der Waals surface area contributed by atoms with E-state index < -0.39 is 0 Å². The minimum atomic E-state index is -0.0380. The molecule has 1 atom stereocenters. The Labute approximate surface area is 160 Å². The van der Waals surface area contributed by atoms with Gasteiger partial charge in [-0.3, -0.25) is 9.59 Å². The van der Waals surface area contributed by atoms with Gasteiger partial charge in [0.05, 0.1) is 5.92 Å². The number of benzene rings is 1. The average molecular weight is 367 g/mol. The molecule has 3 heterocycles. The fourth-order valence-electron chi connectivity index (χ4n) is 4.53. The summed E-state index contributed by atoms with van der Waals surface area (Å²) in [5.74, 6) is 0.251. The Hall–Kier alpha value is -2.30. The van der Waals surface area contributed by atoms with Crippen molar-refractivity contribution in [2.24, 2.45) is 13.0 Å². The van der Waals surface area contributed by atoms with Gasteiger partial charge >= 0.3 is 0 Å². The van der Waals surface area contributed by atoms with Gasteiger partial charge in [0.2, 0.25) is 5.91 Å². The Morgan fingerprint density at radius 2 is 1.70 bits per heavy atom. The van der Waals surface area contributed by atoms with Gasteiger partial charge in [0.15, 0.2) is 0 Å². The van der Waals surface area contributed by atoms with E-state index in [4.69, 9.17) is 0 Å². The van der Waals surface area contributed by atoms with Crippen molar-refractivity contribution in [3.63, 3.8) is 0 Å². The molecular weight excluding hydrogens is 338 g/mol. The quantitative estimate of drug-likeness (QED) is 0.817. The lowest BCUT2D eigenvalue weighted by molar-refractivity contribution is -0.135. The van der Waals surface area contributed by atoms with Crippen LogP contribution < -0.4 is 0 Å². The Bertz CT molecular complexity index is 862. The molecule has 5 heteroatoms. The molecule has 2 saturated heterocycles. The van der Waals surface area contributed by atoms with Crippen molar-refractivity contribution in [1.29, 1.82) is 0 Å². The number of amides is 2. The van der Waals surface area contributed by atoms with Crippen LogP contribution in [0.15, 0.2) is 24.3 Å². The molecule has 0 radical (unpaired) electrons. The van der Waals surface area contributed by atoms with Gasteiger partial charge in [-0.05, 0) is 44.4 Å². The molecule has 2 fully saturated rings. The van der Waals surface area contributed by atoms with E-state index in [9.17, 15) is 9.59 Å². The molecular formula is C22H29N3O2. The highest BCUT2D eigenvalue weighted by Gasteiger charge is 2.34. The van der Waals surface area contributed by atoms with E-state index in [-0.39, 0.29) is 17.7 Å². The van der Waals surface area contributed by atoms with Gasteiger partial charge < -0.3 is 14.4 Å². The van der Waals surface area contributed by atoms with E-state index in [1.54, 1.807) is 0 Å². The van der Waals surface area contributed by atoms with E-state index in [1.807, 2.05) is 27.5 Å². The van der Waals surface area contributed by atoms with Crippen LogP contribution in [0.2, 0.25) is 0 Å². The summed E-state index contributed by atoms with van der Waals surface area (Å²) in [6.45, 7) is 5.05. The average Bonchev–Trinajstić information content (AvgIpc) is 3.16. The number of aryl methyl sites for hydroxylation is 2. The highest BCUT2D eigenvalue weighted by molar-refractivity contribution is 5.99. The monoisotopic (exact) mass is 367 g/mol. The Balaban J connectivity index is 1.48. The van der Waals surface area contributed by atoms with Gasteiger partial charge in [-0.15, -0.1) is 0 Å². The van der Waals surface area contributed by atoms with Gasteiger partial charge in [-0.2, -0.15) is 0 Å². The first kappa shape index (κ1) is 18.1. The van der Waals surface area contributed by atoms with E-state index in [2.05, 4.69) is 25.1 Å². The van der Waals surface area contributed by atoms with Gasteiger partial charge in [0.1, 0.15) is 5.69 Å². The van der Waals surface area contributed by atoms with Crippen LogP contribution >= 0.6 is 0 Å². The summed E-state index contributed by atoms with van der Waals surface area (Å²) in [5.41, 5.74) is 2.97. The van der Waals surface area contributed by atoms with Crippen LogP contribution in [0.1, 0.15) is 48.2 Å². The second kappa shape index (κ2) is 7.37. The first-order chi connectivity index (χ1) is 13.0. The number of carbonyl (C=O) groups is 2. The molecule has 2 aliphatic heterocycles. The predicted octanol–water partition coefficient (Wildman–Crippen LogP) is 3.35. The minimum Gasteiger partial charge on any atom is -0.342 e. The first-order valence-electron chi connectivity index (χ1n) is 10.2. The Kier molecular flexibility index (Phi) is 4.94. The van der Waals surface area contributed by atoms with E-state index in [1.165, 1.54) is 18.4 Å². The second-order valence-electron chi connectivity index (χ2n) is 8.13. The molecule has 27 heavy (non-hydrogen) atoms. The number of fused-ring (bicyclic) bond motifs is 1. The molecule has 5 nitrogen and oxygen atoms in total. The summed E-state index contributed by atoms with van der Waals surface area (Å²) in [7, 11) is 1.95. The molecule has 2 amide bonds. The van der Waals surface area contributed by atoms with Crippen molar-refractivity contribution in [2.75, 3.05) is 26.2 Å². The number of hydrogen-bond donors (Lipinski definition) is 0. The zero-order valence-corrected chi connectivity index (χ0v) is 16.4.